The van der Waals surface area contributed by atoms with E-state index in [1.54, 1.807) is 19.3 Å². The second-order valence-corrected chi connectivity index (χ2v) is 5.66. The predicted molar refractivity (Wildman–Crippen MR) is 88.5 cm³/mol. The molecule has 2 aromatic heterocycles. The zero-order valence-corrected chi connectivity index (χ0v) is 12.8. The minimum Gasteiger partial charge on any atom is -0.300 e. The number of nitrogens with zero attached hydrogens (tertiary/aromatic N) is 2. The molecule has 3 rings (SSSR count). The number of benzene rings is 1. The summed E-state index contributed by atoms with van der Waals surface area (Å²) in [6.07, 6.45) is 4.28. The fraction of sp³-hybridized carbons (Fsp3) is 0.211. The average Bonchev–Trinajstić information content (AvgIpc) is 2.55. The molecule has 0 amide bonds. The standard InChI is InChI=1S/C19H18N2O/c1-13(14(2)22)11-18-5-3-17-12-16(4-6-19(17)21-18)15-7-9-20-10-8-15/h3-10,12-13H,11H2,1-2H3. The molecule has 0 saturated carbocycles. The maximum absolute atomic E-state index is 11.4. The van der Waals surface area contributed by atoms with Crippen LogP contribution in [0.15, 0.2) is 54.9 Å². The van der Waals surface area contributed by atoms with Crippen molar-refractivity contribution in [2.75, 3.05) is 0 Å². The Morgan fingerprint density at radius 3 is 2.55 bits per heavy atom. The Kier molecular flexibility index (Phi) is 3.96. The van der Waals surface area contributed by atoms with E-state index in [1.807, 2.05) is 31.2 Å². The van der Waals surface area contributed by atoms with Gasteiger partial charge in [-0.2, -0.15) is 0 Å². The third-order valence-corrected chi connectivity index (χ3v) is 3.97. The molecule has 0 aliphatic heterocycles. The van der Waals surface area contributed by atoms with Gasteiger partial charge >= 0.3 is 0 Å². The molecular formula is C19H18N2O. The van der Waals surface area contributed by atoms with Gasteiger partial charge in [-0.15, -0.1) is 0 Å². The normalized spacial score (nSPS) is 12.3. The Morgan fingerprint density at radius 1 is 1.05 bits per heavy atom. The Morgan fingerprint density at radius 2 is 1.82 bits per heavy atom. The SMILES string of the molecule is CC(=O)C(C)Cc1ccc2cc(-c3ccncc3)ccc2n1. The Labute approximate surface area is 130 Å². The van der Waals surface area contributed by atoms with Crippen molar-refractivity contribution < 1.29 is 4.79 Å². The highest BCUT2D eigenvalue weighted by Crippen LogP contribution is 2.23. The van der Waals surface area contributed by atoms with Crippen LogP contribution in [0, 0.1) is 5.92 Å². The monoisotopic (exact) mass is 290 g/mol. The van der Waals surface area contributed by atoms with E-state index in [4.69, 9.17) is 0 Å². The molecule has 0 N–H and O–H groups in total. The molecule has 0 radical (unpaired) electrons. The van der Waals surface area contributed by atoms with Gasteiger partial charge < -0.3 is 0 Å². The zero-order valence-electron chi connectivity index (χ0n) is 12.8. The van der Waals surface area contributed by atoms with Crippen molar-refractivity contribution in [1.29, 1.82) is 0 Å². The molecule has 1 atom stereocenters. The fourth-order valence-corrected chi connectivity index (χ4v) is 2.46. The van der Waals surface area contributed by atoms with Crippen LogP contribution in [-0.4, -0.2) is 15.8 Å². The van der Waals surface area contributed by atoms with Crippen LogP contribution in [0.1, 0.15) is 19.5 Å². The van der Waals surface area contributed by atoms with E-state index in [0.717, 1.165) is 27.7 Å². The third-order valence-electron chi connectivity index (χ3n) is 3.97. The summed E-state index contributed by atoms with van der Waals surface area (Å²) in [5, 5.41) is 1.11. The lowest BCUT2D eigenvalue weighted by Gasteiger charge is -2.08. The van der Waals surface area contributed by atoms with Crippen LogP contribution in [0.3, 0.4) is 0 Å². The Balaban J connectivity index is 1.93. The molecule has 1 unspecified atom stereocenters. The van der Waals surface area contributed by atoms with Crippen molar-refractivity contribution >= 4 is 16.7 Å². The van der Waals surface area contributed by atoms with Gasteiger partial charge in [0.1, 0.15) is 5.78 Å². The number of carbonyl (C=O) groups is 1. The van der Waals surface area contributed by atoms with Crippen LogP contribution < -0.4 is 0 Å². The van der Waals surface area contributed by atoms with Crippen LogP contribution >= 0.6 is 0 Å². The first-order chi connectivity index (χ1) is 10.6. The quantitative estimate of drug-likeness (QED) is 0.727. The van der Waals surface area contributed by atoms with Crippen molar-refractivity contribution in [3.63, 3.8) is 0 Å². The van der Waals surface area contributed by atoms with Gasteiger partial charge in [0, 0.05) is 29.4 Å². The van der Waals surface area contributed by atoms with E-state index in [9.17, 15) is 4.79 Å². The number of rotatable bonds is 4. The number of carbonyl (C=O) groups excluding carboxylic acids is 1. The summed E-state index contributed by atoms with van der Waals surface area (Å²) < 4.78 is 0. The van der Waals surface area contributed by atoms with Crippen LogP contribution in [-0.2, 0) is 11.2 Å². The van der Waals surface area contributed by atoms with E-state index < -0.39 is 0 Å². The van der Waals surface area contributed by atoms with E-state index in [-0.39, 0.29) is 11.7 Å². The Hall–Kier alpha value is -2.55. The zero-order chi connectivity index (χ0) is 15.5. The predicted octanol–water partition coefficient (Wildman–Crippen LogP) is 4.06. The van der Waals surface area contributed by atoms with E-state index >= 15 is 0 Å². The van der Waals surface area contributed by atoms with Crippen molar-refractivity contribution in [3.8, 4) is 11.1 Å². The first-order valence-corrected chi connectivity index (χ1v) is 7.44. The lowest BCUT2D eigenvalue weighted by atomic mass is 10.00. The van der Waals surface area contributed by atoms with E-state index in [0.29, 0.717) is 6.42 Å². The number of Topliss-reactive ketones (excluding diaryl/α,β-unsaturated/α-hetero) is 1. The van der Waals surface area contributed by atoms with Crippen molar-refractivity contribution in [2.45, 2.75) is 20.3 Å². The molecule has 0 spiro atoms. The number of hydrogen-bond acceptors (Lipinski definition) is 3. The van der Waals surface area contributed by atoms with Gasteiger partial charge in [0.05, 0.1) is 5.52 Å². The van der Waals surface area contributed by atoms with Gasteiger partial charge in [0.25, 0.3) is 0 Å². The van der Waals surface area contributed by atoms with E-state index in [1.165, 1.54) is 0 Å². The summed E-state index contributed by atoms with van der Waals surface area (Å²) >= 11 is 0. The van der Waals surface area contributed by atoms with Gasteiger partial charge in [0.2, 0.25) is 0 Å². The number of aromatic nitrogens is 2. The first kappa shape index (κ1) is 14.4. The first-order valence-electron chi connectivity index (χ1n) is 7.44. The number of pyridine rings is 2. The van der Waals surface area contributed by atoms with Gasteiger partial charge in [-0.1, -0.05) is 19.1 Å². The van der Waals surface area contributed by atoms with Gasteiger partial charge in [-0.3, -0.25) is 14.8 Å². The minimum absolute atomic E-state index is 0.0149. The van der Waals surface area contributed by atoms with Gasteiger partial charge in [-0.25, -0.2) is 0 Å². The molecule has 3 nitrogen and oxygen atoms in total. The van der Waals surface area contributed by atoms with Crippen LogP contribution in [0.25, 0.3) is 22.0 Å². The summed E-state index contributed by atoms with van der Waals surface area (Å²) in [7, 11) is 0. The highest BCUT2D eigenvalue weighted by Gasteiger charge is 2.10. The molecule has 1 aromatic carbocycles. The average molecular weight is 290 g/mol. The fourth-order valence-electron chi connectivity index (χ4n) is 2.46. The van der Waals surface area contributed by atoms with Gasteiger partial charge in [-0.05, 0) is 54.8 Å². The van der Waals surface area contributed by atoms with E-state index in [2.05, 4.69) is 28.2 Å². The molecule has 22 heavy (non-hydrogen) atoms. The van der Waals surface area contributed by atoms with Crippen LogP contribution in [0.5, 0.6) is 0 Å². The molecular weight excluding hydrogens is 272 g/mol. The lowest BCUT2D eigenvalue weighted by molar-refractivity contribution is -0.120. The maximum atomic E-state index is 11.4. The second-order valence-electron chi connectivity index (χ2n) is 5.66. The largest absolute Gasteiger partial charge is 0.300 e. The topological polar surface area (TPSA) is 42.9 Å². The molecule has 3 aromatic rings. The highest BCUT2D eigenvalue weighted by atomic mass is 16.1. The molecule has 0 aliphatic rings. The summed E-state index contributed by atoms with van der Waals surface area (Å²) in [4.78, 5) is 20.1. The molecule has 2 heterocycles. The van der Waals surface area contributed by atoms with Crippen molar-refractivity contribution in [3.05, 3.63) is 60.6 Å². The molecule has 0 fully saturated rings. The molecule has 0 aliphatic carbocycles. The summed E-state index contributed by atoms with van der Waals surface area (Å²) in [6.45, 7) is 3.58. The highest BCUT2D eigenvalue weighted by molar-refractivity contribution is 5.84. The van der Waals surface area contributed by atoms with Crippen molar-refractivity contribution in [1.82, 2.24) is 9.97 Å². The summed E-state index contributed by atoms with van der Waals surface area (Å²) in [6, 6.07) is 14.3. The molecule has 110 valence electrons. The van der Waals surface area contributed by atoms with Crippen LogP contribution in [0.2, 0.25) is 0 Å². The smallest absolute Gasteiger partial charge is 0.133 e. The number of hydrogen-bond donors (Lipinski definition) is 0. The van der Waals surface area contributed by atoms with Crippen molar-refractivity contribution in [2.24, 2.45) is 5.92 Å². The molecule has 0 saturated heterocycles. The maximum Gasteiger partial charge on any atom is 0.133 e. The molecule has 3 heteroatoms. The molecule has 0 bridgehead atoms. The third kappa shape index (κ3) is 3.03. The summed E-state index contributed by atoms with van der Waals surface area (Å²) in [5.74, 6) is 0.218. The van der Waals surface area contributed by atoms with Gasteiger partial charge in [0.15, 0.2) is 0 Å². The number of ketones is 1. The van der Waals surface area contributed by atoms with Crippen LogP contribution in [0.4, 0.5) is 0 Å². The Bertz CT molecular complexity index is 812. The second kappa shape index (κ2) is 6.06. The minimum atomic E-state index is 0.0149. The summed E-state index contributed by atoms with van der Waals surface area (Å²) in [5.41, 5.74) is 4.23. The number of fused-ring (bicyclic) bond motifs is 1. The lowest BCUT2D eigenvalue weighted by Crippen LogP contribution is -2.10.